The van der Waals surface area contributed by atoms with Crippen molar-refractivity contribution in [2.75, 3.05) is 5.73 Å². The van der Waals surface area contributed by atoms with Crippen molar-refractivity contribution in [3.05, 3.63) is 95.1 Å². The zero-order valence-corrected chi connectivity index (χ0v) is 19.7. The summed E-state index contributed by atoms with van der Waals surface area (Å²) >= 11 is 0. The van der Waals surface area contributed by atoms with E-state index >= 15 is 0 Å². The molecule has 0 bridgehead atoms. The van der Waals surface area contributed by atoms with Gasteiger partial charge < -0.3 is 20.9 Å². The Labute approximate surface area is 200 Å². The minimum absolute atomic E-state index is 0.222. The topological polar surface area (TPSA) is 102 Å². The number of nitrogens with two attached hydrogens (primary N) is 1. The van der Waals surface area contributed by atoms with Gasteiger partial charge in [-0.25, -0.2) is 4.79 Å². The number of benzene rings is 3. The van der Waals surface area contributed by atoms with Gasteiger partial charge in [0, 0.05) is 11.3 Å². The van der Waals surface area contributed by atoms with Crippen LogP contribution in [0, 0.1) is 0 Å². The molecule has 34 heavy (non-hydrogen) atoms. The second-order valence-corrected chi connectivity index (χ2v) is 8.62. The highest BCUT2D eigenvalue weighted by atomic mass is 16.5. The first-order valence-electron chi connectivity index (χ1n) is 11.5. The number of nitrogen functional groups attached to an aromatic ring is 1. The van der Waals surface area contributed by atoms with Crippen LogP contribution in [-0.4, -0.2) is 29.1 Å². The fourth-order valence-electron chi connectivity index (χ4n) is 3.67. The molecule has 0 radical (unpaired) electrons. The van der Waals surface area contributed by atoms with Crippen molar-refractivity contribution < 1.29 is 19.4 Å². The Kier molecular flexibility index (Phi) is 8.68. The van der Waals surface area contributed by atoms with E-state index < -0.39 is 12.0 Å². The van der Waals surface area contributed by atoms with Crippen LogP contribution in [0.15, 0.2) is 72.8 Å². The third-order valence-electron chi connectivity index (χ3n) is 5.53. The number of rotatable bonds is 10. The highest BCUT2D eigenvalue weighted by Crippen LogP contribution is 2.19. The van der Waals surface area contributed by atoms with Crippen LogP contribution in [0.4, 0.5) is 5.69 Å². The molecule has 1 atom stereocenters. The largest absolute Gasteiger partial charge is 0.508 e. The molecular formula is C28H32N2O4. The number of hydrogen-bond acceptors (Lipinski definition) is 5. The molecule has 0 saturated carbocycles. The minimum Gasteiger partial charge on any atom is -0.508 e. The number of esters is 1. The van der Waals surface area contributed by atoms with E-state index in [1.54, 1.807) is 44.2 Å². The van der Waals surface area contributed by atoms with Gasteiger partial charge in [0.15, 0.2) is 0 Å². The molecule has 4 N–H and O–H groups in total. The van der Waals surface area contributed by atoms with E-state index in [2.05, 4.69) is 5.32 Å². The number of carbonyl (C=O) groups is 2. The maximum Gasteiger partial charge on any atom is 0.328 e. The Morgan fingerprint density at radius 2 is 1.59 bits per heavy atom. The summed E-state index contributed by atoms with van der Waals surface area (Å²) in [4.78, 5) is 25.7. The lowest BCUT2D eigenvalue weighted by Gasteiger charge is -2.19. The quantitative estimate of drug-likeness (QED) is 0.307. The van der Waals surface area contributed by atoms with Crippen molar-refractivity contribution in [2.24, 2.45) is 0 Å². The standard InChI is InChI=1S/C28H32N2O4/c1-19(2)34-28(33)26(17-11-20-6-4-3-5-7-20)30-27(32)23-13-16-25(29)22(18-23)12-8-21-9-14-24(31)15-10-21/h3-7,9-10,13-16,18-19,26,31H,8,11-12,17,29H2,1-2H3,(H,30,32)/t26-/m0/s1. The van der Waals surface area contributed by atoms with Crippen molar-refractivity contribution in [1.82, 2.24) is 5.32 Å². The van der Waals surface area contributed by atoms with E-state index in [1.807, 2.05) is 42.5 Å². The number of nitrogens with one attached hydrogen (secondary N) is 1. The molecule has 0 aliphatic carbocycles. The molecule has 3 aromatic carbocycles. The zero-order chi connectivity index (χ0) is 24.5. The minimum atomic E-state index is -0.756. The smallest absolute Gasteiger partial charge is 0.328 e. The van der Waals surface area contributed by atoms with E-state index in [4.69, 9.17) is 10.5 Å². The molecular weight excluding hydrogens is 428 g/mol. The first kappa shape index (κ1) is 24.8. The summed E-state index contributed by atoms with van der Waals surface area (Å²) in [7, 11) is 0. The molecule has 6 heteroatoms. The van der Waals surface area contributed by atoms with E-state index in [9.17, 15) is 14.7 Å². The van der Waals surface area contributed by atoms with E-state index in [0.717, 1.165) is 23.1 Å². The monoisotopic (exact) mass is 460 g/mol. The molecule has 0 aliphatic heterocycles. The average molecular weight is 461 g/mol. The van der Waals surface area contributed by atoms with Crippen molar-refractivity contribution in [3.63, 3.8) is 0 Å². The Morgan fingerprint density at radius 1 is 0.912 bits per heavy atom. The fraction of sp³-hybridized carbons (Fsp3) is 0.286. The molecule has 0 spiro atoms. The van der Waals surface area contributed by atoms with Crippen LogP contribution >= 0.6 is 0 Å². The first-order valence-corrected chi connectivity index (χ1v) is 11.5. The molecule has 1 amide bonds. The third kappa shape index (κ3) is 7.37. The van der Waals surface area contributed by atoms with Gasteiger partial charge in [0.2, 0.25) is 0 Å². The molecule has 0 aliphatic rings. The molecule has 6 nitrogen and oxygen atoms in total. The molecule has 3 rings (SSSR count). The molecule has 0 heterocycles. The van der Waals surface area contributed by atoms with Gasteiger partial charge in [0.1, 0.15) is 11.8 Å². The highest BCUT2D eigenvalue weighted by Gasteiger charge is 2.24. The third-order valence-corrected chi connectivity index (χ3v) is 5.53. The fourth-order valence-corrected chi connectivity index (χ4v) is 3.67. The van der Waals surface area contributed by atoms with Gasteiger partial charge in [-0.3, -0.25) is 4.79 Å². The summed E-state index contributed by atoms with van der Waals surface area (Å²) in [5.74, 6) is -0.563. The van der Waals surface area contributed by atoms with Gasteiger partial charge in [-0.05, 0) is 86.6 Å². The van der Waals surface area contributed by atoms with Crippen molar-refractivity contribution in [3.8, 4) is 5.75 Å². The van der Waals surface area contributed by atoms with Crippen molar-refractivity contribution >= 4 is 17.6 Å². The van der Waals surface area contributed by atoms with Crippen LogP contribution in [0.25, 0.3) is 0 Å². The van der Waals surface area contributed by atoms with Crippen molar-refractivity contribution in [2.45, 2.75) is 51.7 Å². The number of aryl methyl sites for hydroxylation is 3. The first-order chi connectivity index (χ1) is 16.3. The average Bonchev–Trinajstić information content (AvgIpc) is 2.82. The lowest BCUT2D eigenvalue weighted by Crippen LogP contribution is -2.43. The molecule has 3 aromatic rings. The summed E-state index contributed by atoms with van der Waals surface area (Å²) in [6.07, 6.45) is 2.16. The Balaban J connectivity index is 1.69. The number of anilines is 1. The van der Waals surface area contributed by atoms with Gasteiger partial charge in [0.25, 0.3) is 5.91 Å². The molecule has 0 fully saturated rings. The van der Waals surface area contributed by atoms with Gasteiger partial charge >= 0.3 is 5.97 Å². The Bertz CT molecular complexity index is 1100. The summed E-state index contributed by atoms with van der Waals surface area (Å²) in [5, 5.41) is 12.3. The molecule has 0 aromatic heterocycles. The van der Waals surface area contributed by atoms with Crippen molar-refractivity contribution in [1.29, 1.82) is 0 Å². The normalized spacial score (nSPS) is 11.7. The number of carbonyl (C=O) groups excluding carboxylic acids is 2. The summed E-state index contributed by atoms with van der Waals surface area (Å²) < 4.78 is 5.38. The maximum absolute atomic E-state index is 13.0. The predicted molar refractivity (Wildman–Crippen MR) is 134 cm³/mol. The van der Waals surface area contributed by atoms with E-state index in [1.165, 1.54) is 0 Å². The summed E-state index contributed by atoms with van der Waals surface area (Å²) in [6, 6.07) is 21.2. The van der Waals surface area contributed by atoms with E-state index in [0.29, 0.717) is 30.5 Å². The van der Waals surface area contributed by atoms with Crippen LogP contribution in [0.2, 0.25) is 0 Å². The molecule has 178 valence electrons. The van der Waals surface area contributed by atoms with Crippen LogP contribution < -0.4 is 11.1 Å². The number of phenolic OH excluding ortho intramolecular Hbond substituents is 1. The number of phenols is 1. The highest BCUT2D eigenvalue weighted by molar-refractivity contribution is 5.97. The SMILES string of the molecule is CC(C)OC(=O)[C@H](CCc1ccccc1)NC(=O)c1ccc(N)c(CCc2ccc(O)cc2)c1. The van der Waals surface area contributed by atoms with Gasteiger partial charge in [-0.2, -0.15) is 0 Å². The van der Waals surface area contributed by atoms with Crippen LogP contribution in [0.5, 0.6) is 5.75 Å². The van der Waals surface area contributed by atoms with Gasteiger partial charge in [-0.15, -0.1) is 0 Å². The number of ether oxygens (including phenoxy) is 1. The van der Waals surface area contributed by atoms with Crippen LogP contribution in [0.3, 0.4) is 0 Å². The summed E-state index contributed by atoms with van der Waals surface area (Å²) in [6.45, 7) is 3.57. The molecule has 0 unspecified atom stereocenters. The van der Waals surface area contributed by atoms with Crippen LogP contribution in [-0.2, 0) is 28.8 Å². The Morgan fingerprint density at radius 3 is 2.26 bits per heavy atom. The van der Waals surface area contributed by atoms with E-state index in [-0.39, 0.29) is 17.8 Å². The van der Waals surface area contributed by atoms with Gasteiger partial charge in [-0.1, -0.05) is 42.5 Å². The number of amides is 1. The Hall–Kier alpha value is -3.80. The maximum atomic E-state index is 13.0. The lowest BCUT2D eigenvalue weighted by atomic mass is 10.00. The predicted octanol–water partition coefficient (Wildman–Crippen LogP) is 4.44. The van der Waals surface area contributed by atoms with Gasteiger partial charge in [0.05, 0.1) is 6.10 Å². The van der Waals surface area contributed by atoms with Crippen LogP contribution in [0.1, 0.15) is 47.3 Å². The number of hydrogen-bond donors (Lipinski definition) is 3. The second kappa shape index (κ2) is 11.9. The zero-order valence-electron chi connectivity index (χ0n) is 19.7. The summed E-state index contributed by atoms with van der Waals surface area (Å²) in [5.41, 5.74) is 10.2. The number of aromatic hydroxyl groups is 1. The molecule has 0 saturated heterocycles. The lowest BCUT2D eigenvalue weighted by molar-refractivity contribution is -0.149. The second-order valence-electron chi connectivity index (χ2n) is 8.62.